The van der Waals surface area contributed by atoms with E-state index in [-0.39, 0.29) is 6.04 Å². The van der Waals surface area contributed by atoms with Gasteiger partial charge in [0.15, 0.2) is 0 Å². The zero-order chi connectivity index (χ0) is 14.5. The third kappa shape index (κ3) is 3.10. The predicted molar refractivity (Wildman–Crippen MR) is 80.7 cm³/mol. The molecule has 5 nitrogen and oxygen atoms in total. The van der Waals surface area contributed by atoms with E-state index >= 15 is 0 Å². The Hall–Kier alpha value is -1.62. The van der Waals surface area contributed by atoms with E-state index in [0.29, 0.717) is 0 Å². The first-order chi connectivity index (χ1) is 9.69. The van der Waals surface area contributed by atoms with Gasteiger partial charge < -0.3 is 9.88 Å². The minimum Gasteiger partial charge on any atom is -0.335 e. The van der Waals surface area contributed by atoms with E-state index in [2.05, 4.69) is 50.8 Å². The van der Waals surface area contributed by atoms with Gasteiger partial charge in [0, 0.05) is 31.9 Å². The summed E-state index contributed by atoms with van der Waals surface area (Å²) < 4.78 is 4.31. The minimum atomic E-state index is 0.245. The summed E-state index contributed by atoms with van der Waals surface area (Å²) in [6, 6.07) is 2.41. The van der Waals surface area contributed by atoms with Crippen molar-refractivity contribution in [3.05, 3.63) is 35.7 Å². The first-order valence-electron chi connectivity index (χ1n) is 7.41. The van der Waals surface area contributed by atoms with Gasteiger partial charge in [-0.2, -0.15) is 5.10 Å². The molecule has 0 amide bonds. The number of rotatable bonds is 7. The summed E-state index contributed by atoms with van der Waals surface area (Å²) in [5, 5.41) is 7.94. The average molecular weight is 275 g/mol. The summed E-state index contributed by atoms with van der Waals surface area (Å²) in [4.78, 5) is 4.50. The molecule has 0 aliphatic rings. The van der Waals surface area contributed by atoms with E-state index in [9.17, 15) is 0 Å². The fourth-order valence-electron chi connectivity index (χ4n) is 2.61. The molecule has 20 heavy (non-hydrogen) atoms. The van der Waals surface area contributed by atoms with Crippen LogP contribution in [0.4, 0.5) is 0 Å². The highest BCUT2D eigenvalue weighted by Gasteiger charge is 2.18. The van der Waals surface area contributed by atoms with Crippen LogP contribution in [0.15, 0.2) is 18.5 Å². The molecule has 0 fully saturated rings. The molecule has 0 saturated heterocycles. The maximum absolute atomic E-state index is 4.54. The Bertz CT molecular complexity index is 540. The molecule has 1 N–H and O–H groups in total. The molecule has 0 spiro atoms. The molecule has 2 rings (SSSR count). The van der Waals surface area contributed by atoms with Crippen molar-refractivity contribution in [2.24, 2.45) is 0 Å². The van der Waals surface area contributed by atoms with E-state index in [1.165, 1.54) is 5.69 Å². The van der Waals surface area contributed by atoms with E-state index in [1.54, 1.807) is 0 Å². The van der Waals surface area contributed by atoms with E-state index in [1.807, 2.05) is 20.2 Å². The lowest BCUT2D eigenvalue weighted by Crippen LogP contribution is -2.24. The molecule has 0 aliphatic heterocycles. The van der Waals surface area contributed by atoms with Crippen molar-refractivity contribution in [3.8, 4) is 0 Å². The Morgan fingerprint density at radius 2 is 2.15 bits per heavy atom. The zero-order valence-corrected chi connectivity index (χ0v) is 12.9. The number of aromatic nitrogens is 4. The topological polar surface area (TPSA) is 47.7 Å². The third-order valence-corrected chi connectivity index (χ3v) is 3.59. The Morgan fingerprint density at radius 3 is 2.80 bits per heavy atom. The highest BCUT2D eigenvalue weighted by molar-refractivity contribution is 5.15. The second-order valence-corrected chi connectivity index (χ2v) is 5.11. The van der Waals surface area contributed by atoms with E-state index in [0.717, 1.165) is 37.4 Å². The average Bonchev–Trinajstić information content (AvgIpc) is 3.03. The number of nitrogens with one attached hydrogen (secondary N) is 1. The van der Waals surface area contributed by atoms with Crippen molar-refractivity contribution in [2.45, 2.75) is 52.7 Å². The van der Waals surface area contributed by atoms with Crippen LogP contribution >= 0.6 is 0 Å². The molecular formula is C15H25N5. The number of nitrogens with zero attached hydrogens (tertiary/aromatic N) is 4. The van der Waals surface area contributed by atoms with Crippen LogP contribution in [0, 0.1) is 6.92 Å². The monoisotopic (exact) mass is 275 g/mol. The van der Waals surface area contributed by atoms with Gasteiger partial charge in [-0.1, -0.05) is 6.92 Å². The fourth-order valence-corrected chi connectivity index (χ4v) is 2.61. The quantitative estimate of drug-likeness (QED) is 0.843. The standard InChI is InChI=1S/C15H25N5/c1-5-8-19-9-7-17-15(19)11-13(16-4)14-10-12(3)18-20(14)6-2/h7,9-10,13,16H,5-6,8,11H2,1-4H3. The molecule has 0 aromatic carbocycles. The maximum atomic E-state index is 4.54. The molecule has 0 bridgehead atoms. The highest BCUT2D eigenvalue weighted by atomic mass is 15.3. The van der Waals surface area contributed by atoms with Crippen LogP contribution in [-0.2, 0) is 19.5 Å². The molecule has 1 unspecified atom stereocenters. The molecule has 0 saturated carbocycles. The van der Waals surface area contributed by atoms with Gasteiger partial charge >= 0.3 is 0 Å². The molecule has 2 heterocycles. The summed E-state index contributed by atoms with van der Waals surface area (Å²) in [6.45, 7) is 8.28. The smallest absolute Gasteiger partial charge is 0.110 e. The first-order valence-corrected chi connectivity index (χ1v) is 7.41. The molecule has 2 aromatic rings. The van der Waals surface area contributed by atoms with Gasteiger partial charge in [0.1, 0.15) is 5.82 Å². The van der Waals surface area contributed by atoms with Crippen LogP contribution in [-0.4, -0.2) is 26.4 Å². The molecule has 2 aromatic heterocycles. The third-order valence-electron chi connectivity index (χ3n) is 3.59. The largest absolute Gasteiger partial charge is 0.335 e. The van der Waals surface area contributed by atoms with Crippen LogP contribution in [0.5, 0.6) is 0 Å². The lowest BCUT2D eigenvalue weighted by Gasteiger charge is -2.18. The van der Waals surface area contributed by atoms with Gasteiger partial charge in [0.2, 0.25) is 0 Å². The Balaban J connectivity index is 2.22. The number of aryl methyl sites for hydroxylation is 3. The molecule has 110 valence electrons. The summed E-state index contributed by atoms with van der Waals surface area (Å²) in [5.41, 5.74) is 2.30. The molecule has 1 atom stereocenters. The number of imidazole rings is 1. The fraction of sp³-hybridized carbons (Fsp3) is 0.600. The second-order valence-electron chi connectivity index (χ2n) is 5.11. The van der Waals surface area contributed by atoms with Crippen molar-refractivity contribution in [1.82, 2.24) is 24.6 Å². The lowest BCUT2D eigenvalue weighted by atomic mass is 10.1. The van der Waals surface area contributed by atoms with Crippen molar-refractivity contribution in [1.29, 1.82) is 0 Å². The Morgan fingerprint density at radius 1 is 1.35 bits per heavy atom. The number of hydrogen-bond acceptors (Lipinski definition) is 3. The van der Waals surface area contributed by atoms with Crippen molar-refractivity contribution >= 4 is 0 Å². The van der Waals surface area contributed by atoms with Gasteiger partial charge in [0.05, 0.1) is 17.4 Å². The number of likely N-dealkylation sites (N-methyl/N-ethyl adjacent to an activating group) is 1. The van der Waals surface area contributed by atoms with Gasteiger partial charge in [-0.05, 0) is 33.4 Å². The highest BCUT2D eigenvalue weighted by Crippen LogP contribution is 2.19. The second kappa shape index (κ2) is 6.70. The normalized spacial score (nSPS) is 12.8. The van der Waals surface area contributed by atoms with Gasteiger partial charge in [-0.25, -0.2) is 4.98 Å². The van der Waals surface area contributed by atoms with Crippen LogP contribution in [0.2, 0.25) is 0 Å². The van der Waals surface area contributed by atoms with Crippen LogP contribution in [0.1, 0.15) is 43.5 Å². The van der Waals surface area contributed by atoms with Gasteiger partial charge in [0.25, 0.3) is 0 Å². The van der Waals surface area contributed by atoms with Crippen molar-refractivity contribution < 1.29 is 0 Å². The lowest BCUT2D eigenvalue weighted by molar-refractivity contribution is 0.492. The van der Waals surface area contributed by atoms with E-state index < -0.39 is 0 Å². The summed E-state index contributed by atoms with van der Waals surface area (Å²) in [6.07, 6.45) is 5.96. The molecule has 5 heteroatoms. The maximum Gasteiger partial charge on any atom is 0.110 e. The summed E-state index contributed by atoms with van der Waals surface area (Å²) >= 11 is 0. The predicted octanol–water partition coefficient (Wildman–Crippen LogP) is 2.32. The SMILES string of the molecule is CCCn1ccnc1CC(NC)c1cc(C)nn1CC. The Labute approximate surface area is 121 Å². The first kappa shape index (κ1) is 14.8. The van der Waals surface area contributed by atoms with Crippen LogP contribution in [0.3, 0.4) is 0 Å². The van der Waals surface area contributed by atoms with Crippen molar-refractivity contribution in [3.63, 3.8) is 0 Å². The summed E-state index contributed by atoms with van der Waals surface area (Å²) in [7, 11) is 2.00. The van der Waals surface area contributed by atoms with Gasteiger partial charge in [-0.15, -0.1) is 0 Å². The number of hydrogen-bond donors (Lipinski definition) is 1. The van der Waals surface area contributed by atoms with Crippen molar-refractivity contribution in [2.75, 3.05) is 7.05 Å². The molecule has 0 radical (unpaired) electrons. The minimum absolute atomic E-state index is 0.245. The van der Waals surface area contributed by atoms with Crippen LogP contribution in [0.25, 0.3) is 0 Å². The zero-order valence-electron chi connectivity index (χ0n) is 12.9. The van der Waals surface area contributed by atoms with Gasteiger partial charge in [-0.3, -0.25) is 4.68 Å². The summed E-state index contributed by atoms with van der Waals surface area (Å²) in [5.74, 6) is 1.13. The van der Waals surface area contributed by atoms with E-state index in [4.69, 9.17) is 0 Å². The Kier molecular flexibility index (Phi) is 4.95. The molecular weight excluding hydrogens is 250 g/mol. The van der Waals surface area contributed by atoms with Crippen LogP contribution < -0.4 is 5.32 Å². The molecule has 0 aliphatic carbocycles.